The van der Waals surface area contributed by atoms with Crippen molar-refractivity contribution >= 4 is 18.0 Å². The van der Waals surface area contributed by atoms with Crippen LogP contribution in [0.3, 0.4) is 0 Å². The smallest absolute Gasteiger partial charge is 0.154 e. The number of hydrogen-bond acceptors (Lipinski definition) is 3. The van der Waals surface area contributed by atoms with E-state index < -0.39 is 0 Å². The van der Waals surface area contributed by atoms with Crippen molar-refractivity contribution in [2.45, 2.75) is 25.8 Å². The van der Waals surface area contributed by atoms with Gasteiger partial charge in [-0.25, -0.2) is 0 Å². The summed E-state index contributed by atoms with van der Waals surface area (Å²) in [5.41, 5.74) is 1.55. The van der Waals surface area contributed by atoms with Gasteiger partial charge in [-0.1, -0.05) is 13.8 Å². The molecule has 0 bridgehead atoms. The molecule has 0 aliphatic carbocycles. The van der Waals surface area contributed by atoms with Gasteiger partial charge in [-0.05, 0) is 12.8 Å². The third-order valence-corrected chi connectivity index (χ3v) is 3.48. The zero-order valence-corrected chi connectivity index (χ0v) is 9.89. The standard InChI is InChI=1S/C10H16N2OS/c1-7(2)6-14-10-9(5-13)8(3)11-12(10)4/h5,7H,6H2,1-4H3. The normalized spacial score (nSPS) is 10.9. The van der Waals surface area contributed by atoms with Gasteiger partial charge in [-0.2, -0.15) is 5.10 Å². The van der Waals surface area contributed by atoms with Crippen LogP contribution >= 0.6 is 11.8 Å². The first-order valence-corrected chi connectivity index (χ1v) is 5.66. The van der Waals surface area contributed by atoms with E-state index in [1.165, 1.54) is 0 Å². The molecule has 1 rings (SSSR count). The van der Waals surface area contributed by atoms with Crippen LogP contribution in [0.5, 0.6) is 0 Å². The summed E-state index contributed by atoms with van der Waals surface area (Å²) in [4.78, 5) is 10.8. The van der Waals surface area contributed by atoms with E-state index in [1.54, 1.807) is 16.4 Å². The predicted octanol–water partition coefficient (Wildman–Crippen LogP) is 2.29. The molecule has 0 N–H and O–H groups in total. The molecule has 0 amide bonds. The highest BCUT2D eigenvalue weighted by atomic mass is 32.2. The van der Waals surface area contributed by atoms with Crippen molar-refractivity contribution in [2.24, 2.45) is 13.0 Å². The number of aldehydes is 1. The van der Waals surface area contributed by atoms with Gasteiger partial charge in [0.15, 0.2) is 6.29 Å². The van der Waals surface area contributed by atoms with Crippen molar-refractivity contribution in [2.75, 3.05) is 5.75 Å². The van der Waals surface area contributed by atoms with Crippen molar-refractivity contribution in [3.8, 4) is 0 Å². The fourth-order valence-electron chi connectivity index (χ4n) is 1.21. The topological polar surface area (TPSA) is 34.9 Å². The maximum atomic E-state index is 10.8. The lowest BCUT2D eigenvalue weighted by molar-refractivity contribution is 0.112. The van der Waals surface area contributed by atoms with E-state index in [4.69, 9.17) is 0 Å². The quantitative estimate of drug-likeness (QED) is 0.567. The molecule has 0 saturated heterocycles. The van der Waals surface area contributed by atoms with Crippen LogP contribution < -0.4 is 0 Å². The molecular weight excluding hydrogens is 196 g/mol. The van der Waals surface area contributed by atoms with E-state index in [9.17, 15) is 4.79 Å². The molecule has 0 unspecified atom stereocenters. The summed E-state index contributed by atoms with van der Waals surface area (Å²) in [5.74, 6) is 1.63. The highest BCUT2D eigenvalue weighted by Crippen LogP contribution is 2.24. The van der Waals surface area contributed by atoms with Gasteiger partial charge in [0.25, 0.3) is 0 Å². The largest absolute Gasteiger partial charge is 0.298 e. The molecule has 14 heavy (non-hydrogen) atoms. The fourth-order valence-corrected chi connectivity index (χ4v) is 2.28. The molecule has 0 radical (unpaired) electrons. The molecule has 0 spiro atoms. The molecule has 0 aromatic carbocycles. The first kappa shape index (κ1) is 11.3. The minimum atomic E-state index is 0.620. The molecule has 0 saturated carbocycles. The first-order valence-electron chi connectivity index (χ1n) is 4.67. The third kappa shape index (κ3) is 2.38. The molecular formula is C10H16N2OS. The Bertz CT molecular complexity index is 331. The number of aryl methyl sites for hydroxylation is 2. The van der Waals surface area contributed by atoms with Crippen LogP contribution in [-0.2, 0) is 7.05 Å². The van der Waals surface area contributed by atoms with Gasteiger partial charge in [-0.15, -0.1) is 11.8 Å². The molecule has 3 nitrogen and oxygen atoms in total. The second-order valence-corrected chi connectivity index (χ2v) is 4.76. The van der Waals surface area contributed by atoms with E-state index in [0.717, 1.165) is 28.3 Å². The summed E-state index contributed by atoms with van der Waals surface area (Å²) >= 11 is 1.70. The summed E-state index contributed by atoms with van der Waals surface area (Å²) in [6.45, 7) is 6.19. The minimum absolute atomic E-state index is 0.620. The number of hydrogen-bond donors (Lipinski definition) is 0. The number of aromatic nitrogens is 2. The lowest BCUT2D eigenvalue weighted by atomic mass is 10.3. The van der Waals surface area contributed by atoms with Crippen LogP contribution in [0.25, 0.3) is 0 Å². The second kappa shape index (κ2) is 4.64. The number of nitrogens with zero attached hydrogens (tertiary/aromatic N) is 2. The number of carbonyl (C=O) groups excluding carboxylic acids is 1. The van der Waals surface area contributed by atoms with E-state index in [1.807, 2.05) is 14.0 Å². The molecule has 0 aliphatic heterocycles. The Balaban J connectivity index is 2.89. The van der Waals surface area contributed by atoms with Crippen molar-refractivity contribution in [3.05, 3.63) is 11.3 Å². The average molecular weight is 212 g/mol. The maximum Gasteiger partial charge on any atom is 0.154 e. The SMILES string of the molecule is Cc1nn(C)c(SCC(C)C)c1C=O. The van der Waals surface area contributed by atoms with Gasteiger partial charge in [0, 0.05) is 12.8 Å². The Labute approximate surface area is 88.9 Å². The summed E-state index contributed by atoms with van der Waals surface area (Å²) in [7, 11) is 1.88. The fraction of sp³-hybridized carbons (Fsp3) is 0.600. The Kier molecular flexibility index (Phi) is 3.75. The molecule has 78 valence electrons. The van der Waals surface area contributed by atoms with E-state index >= 15 is 0 Å². The minimum Gasteiger partial charge on any atom is -0.298 e. The van der Waals surface area contributed by atoms with Gasteiger partial charge >= 0.3 is 0 Å². The Morgan fingerprint density at radius 3 is 2.71 bits per heavy atom. The van der Waals surface area contributed by atoms with Crippen LogP contribution in [0.1, 0.15) is 29.9 Å². The van der Waals surface area contributed by atoms with Crippen molar-refractivity contribution in [3.63, 3.8) is 0 Å². The van der Waals surface area contributed by atoms with Crippen molar-refractivity contribution < 1.29 is 4.79 Å². The molecule has 1 heterocycles. The van der Waals surface area contributed by atoms with E-state index in [0.29, 0.717) is 5.92 Å². The van der Waals surface area contributed by atoms with E-state index in [2.05, 4.69) is 18.9 Å². The van der Waals surface area contributed by atoms with Crippen LogP contribution in [0.4, 0.5) is 0 Å². The first-order chi connectivity index (χ1) is 6.56. The third-order valence-electron chi connectivity index (χ3n) is 1.89. The second-order valence-electron chi connectivity index (χ2n) is 3.75. The lowest BCUT2D eigenvalue weighted by Crippen LogP contribution is -1.97. The maximum absolute atomic E-state index is 10.8. The van der Waals surface area contributed by atoms with Gasteiger partial charge in [-0.3, -0.25) is 9.48 Å². The molecule has 0 fully saturated rings. The van der Waals surface area contributed by atoms with Crippen LogP contribution in [0.15, 0.2) is 5.03 Å². The molecule has 0 aliphatic rings. The Morgan fingerprint density at radius 1 is 1.57 bits per heavy atom. The van der Waals surface area contributed by atoms with Gasteiger partial charge in [0.1, 0.15) is 5.03 Å². The average Bonchev–Trinajstić information content (AvgIpc) is 2.36. The zero-order valence-electron chi connectivity index (χ0n) is 9.07. The van der Waals surface area contributed by atoms with Crippen molar-refractivity contribution in [1.29, 1.82) is 0 Å². The number of carbonyl (C=O) groups is 1. The predicted molar refractivity (Wildman–Crippen MR) is 58.9 cm³/mol. The summed E-state index contributed by atoms with van der Waals surface area (Å²) in [5, 5.41) is 5.20. The Morgan fingerprint density at radius 2 is 2.21 bits per heavy atom. The van der Waals surface area contributed by atoms with Crippen LogP contribution in [-0.4, -0.2) is 21.8 Å². The summed E-state index contributed by atoms with van der Waals surface area (Å²) in [6.07, 6.45) is 0.894. The summed E-state index contributed by atoms with van der Waals surface area (Å²) in [6, 6.07) is 0. The van der Waals surface area contributed by atoms with Gasteiger partial charge in [0.2, 0.25) is 0 Å². The van der Waals surface area contributed by atoms with Gasteiger partial charge in [0.05, 0.1) is 11.3 Å². The van der Waals surface area contributed by atoms with E-state index in [-0.39, 0.29) is 0 Å². The highest BCUT2D eigenvalue weighted by molar-refractivity contribution is 7.99. The lowest BCUT2D eigenvalue weighted by Gasteiger charge is -2.05. The number of rotatable bonds is 4. The molecule has 4 heteroatoms. The van der Waals surface area contributed by atoms with Crippen molar-refractivity contribution in [1.82, 2.24) is 9.78 Å². The zero-order chi connectivity index (χ0) is 10.7. The molecule has 1 aromatic rings. The van der Waals surface area contributed by atoms with Crippen LogP contribution in [0.2, 0.25) is 0 Å². The monoisotopic (exact) mass is 212 g/mol. The Hall–Kier alpha value is -0.770. The molecule has 0 atom stereocenters. The van der Waals surface area contributed by atoms with Crippen LogP contribution in [0, 0.1) is 12.8 Å². The highest BCUT2D eigenvalue weighted by Gasteiger charge is 2.12. The number of thioether (sulfide) groups is 1. The van der Waals surface area contributed by atoms with Gasteiger partial charge < -0.3 is 0 Å². The summed E-state index contributed by atoms with van der Waals surface area (Å²) < 4.78 is 1.78. The molecule has 1 aromatic heterocycles.